The molecule has 5 aromatic rings. The van der Waals surface area contributed by atoms with Crippen LogP contribution < -0.4 is 4.90 Å². The fraction of sp³-hybridized carbons (Fsp3) is 0.341. The fourth-order valence-corrected chi connectivity index (χ4v) is 11.2. The first-order chi connectivity index (χ1) is 24.9. The molecule has 2 aliphatic carbocycles. The number of phenolic OH excluding ortho intramolecular Hbond substituents is 1. The molecule has 4 aliphatic rings. The lowest BCUT2D eigenvalue weighted by molar-refractivity contribution is -0.140. The first-order valence-electron chi connectivity index (χ1n) is 17.8. The maximum atomic E-state index is 15.2. The zero-order chi connectivity index (χ0) is 36.4. The number of anilines is 1. The highest BCUT2D eigenvalue weighted by Gasteiger charge is 2.68. The van der Waals surface area contributed by atoms with E-state index in [1.807, 2.05) is 75.4 Å². The van der Waals surface area contributed by atoms with Gasteiger partial charge in [0.05, 0.1) is 28.0 Å². The van der Waals surface area contributed by atoms with E-state index < -0.39 is 35.0 Å². The molecule has 3 aromatic carbocycles. The second kappa shape index (κ2) is 11.6. The Morgan fingerprint density at radius 3 is 2.56 bits per heavy atom. The number of imide groups is 2. The van der Waals surface area contributed by atoms with Crippen LogP contribution in [0.2, 0.25) is 5.02 Å². The molecule has 9 nitrogen and oxygen atoms in total. The highest BCUT2D eigenvalue weighted by molar-refractivity contribution is 7.22. The molecular weight excluding hydrogens is 696 g/mol. The van der Waals surface area contributed by atoms with Gasteiger partial charge < -0.3 is 5.11 Å². The van der Waals surface area contributed by atoms with Gasteiger partial charge in [-0.25, -0.2) is 4.90 Å². The predicted octanol–water partition coefficient (Wildman–Crippen LogP) is 7.76. The van der Waals surface area contributed by atoms with E-state index in [0.717, 1.165) is 36.9 Å². The van der Waals surface area contributed by atoms with Gasteiger partial charge in [-0.2, -0.15) is 5.10 Å². The lowest BCUT2D eigenvalue weighted by Crippen LogP contribution is -2.49. The number of halogens is 1. The van der Waals surface area contributed by atoms with Crippen LogP contribution in [0.5, 0.6) is 5.75 Å². The van der Waals surface area contributed by atoms with Crippen molar-refractivity contribution in [2.45, 2.75) is 46.0 Å². The Morgan fingerprint density at radius 1 is 0.981 bits per heavy atom. The molecule has 264 valence electrons. The van der Waals surface area contributed by atoms with E-state index in [9.17, 15) is 19.5 Å². The zero-order valence-corrected chi connectivity index (χ0v) is 30.8. The molecule has 2 saturated heterocycles. The summed E-state index contributed by atoms with van der Waals surface area (Å²) in [5.74, 6) is -3.88. The van der Waals surface area contributed by atoms with Crippen LogP contribution in [0, 0.1) is 36.0 Å². The number of amides is 4. The molecule has 3 fully saturated rings. The minimum atomic E-state index is -1.31. The van der Waals surface area contributed by atoms with Gasteiger partial charge in [0.1, 0.15) is 17.3 Å². The second-order valence-electron chi connectivity index (χ2n) is 14.9. The van der Waals surface area contributed by atoms with Crippen LogP contribution in [0.25, 0.3) is 31.4 Å². The number of aryl methyl sites for hydroxylation is 2. The number of rotatable bonds is 5. The third-order valence-electron chi connectivity index (χ3n) is 12.3. The number of phenols is 1. The number of carbonyl (C=O) groups is 4. The molecule has 4 heterocycles. The number of allylic oxidation sites excluding steroid dienone is 2. The third kappa shape index (κ3) is 4.37. The molecule has 0 spiro atoms. The highest BCUT2D eigenvalue weighted by atomic mass is 35.5. The van der Waals surface area contributed by atoms with Crippen molar-refractivity contribution in [3.05, 3.63) is 88.5 Å². The molecule has 0 radical (unpaired) electrons. The van der Waals surface area contributed by atoms with Crippen molar-refractivity contribution in [2.24, 2.45) is 36.1 Å². The lowest BCUT2D eigenvalue weighted by atomic mass is 9.51. The number of fused-ring (bicyclic) bond motifs is 6. The Bertz CT molecular complexity index is 2450. The van der Waals surface area contributed by atoms with Gasteiger partial charge in [-0.15, -0.1) is 11.3 Å². The van der Waals surface area contributed by atoms with Gasteiger partial charge in [-0.05, 0) is 85.0 Å². The molecule has 6 atom stereocenters. The summed E-state index contributed by atoms with van der Waals surface area (Å²) in [6, 6.07) is 18.8. The number of benzene rings is 3. The number of likely N-dealkylation sites (tertiary alicyclic amines) is 1. The van der Waals surface area contributed by atoms with Crippen LogP contribution in [0.3, 0.4) is 0 Å². The maximum Gasteiger partial charge on any atom is 0.242 e. The standard InChI is InChI=1S/C41H37ClN4O5S/c1-5-16-45-37(48)25-13-12-24-27(33(25)39(45)50)18-28-38(49)46(32-19-29(43-44(32)4)36-20(2)26-17-22(42)11-15-31(26)52-36)40(51)41(28,3)35(24)34-23-9-7-6-8-21(23)10-14-30(34)47/h6-12,14-15,17,19,25,27-28,33,35,47H,5,13,16,18H2,1-4H3. The minimum Gasteiger partial charge on any atom is -0.508 e. The summed E-state index contributed by atoms with van der Waals surface area (Å²) in [5, 5.41) is 19.8. The van der Waals surface area contributed by atoms with Gasteiger partial charge in [0.2, 0.25) is 23.6 Å². The summed E-state index contributed by atoms with van der Waals surface area (Å²) in [7, 11) is 1.73. The third-order valence-corrected chi connectivity index (χ3v) is 13.8. The first-order valence-corrected chi connectivity index (χ1v) is 19.0. The number of carbonyl (C=O) groups excluding carboxylic acids is 4. The Hall–Kier alpha value is -4.80. The summed E-state index contributed by atoms with van der Waals surface area (Å²) in [5.41, 5.74) is 1.75. The van der Waals surface area contributed by atoms with Gasteiger partial charge in [-0.3, -0.25) is 28.8 Å². The summed E-state index contributed by atoms with van der Waals surface area (Å²) in [6.07, 6.45) is 3.28. The molecule has 2 aliphatic heterocycles. The SMILES string of the molecule is CCCN1C(=O)C2CC=C3C(CC4C(=O)N(c5cc(-c6sc7ccc(Cl)cc7c6C)nn5C)C(=O)C4(C)C3c3c(O)ccc4ccccc34)C2C1=O. The van der Waals surface area contributed by atoms with Crippen LogP contribution in [0.15, 0.2) is 72.3 Å². The maximum absolute atomic E-state index is 15.2. The van der Waals surface area contributed by atoms with Crippen LogP contribution in [-0.2, 0) is 26.2 Å². The Balaban J connectivity index is 1.21. The van der Waals surface area contributed by atoms with Crippen LogP contribution in [0.1, 0.15) is 50.2 Å². The quantitative estimate of drug-likeness (QED) is 0.146. The van der Waals surface area contributed by atoms with Crippen molar-refractivity contribution in [3.8, 4) is 16.3 Å². The van der Waals surface area contributed by atoms with Crippen molar-refractivity contribution in [2.75, 3.05) is 11.4 Å². The molecule has 2 aromatic heterocycles. The predicted molar refractivity (Wildman–Crippen MR) is 201 cm³/mol. The zero-order valence-electron chi connectivity index (χ0n) is 29.2. The molecule has 1 N–H and O–H groups in total. The van der Waals surface area contributed by atoms with Crippen molar-refractivity contribution < 1.29 is 24.3 Å². The van der Waals surface area contributed by atoms with Crippen molar-refractivity contribution in [3.63, 3.8) is 0 Å². The topological polar surface area (TPSA) is 113 Å². The number of nitrogens with zero attached hydrogens (tertiary/aromatic N) is 4. The lowest BCUT2D eigenvalue weighted by Gasteiger charge is -2.49. The Kier molecular flexibility index (Phi) is 7.38. The second-order valence-corrected chi connectivity index (χ2v) is 16.4. The first kappa shape index (κ1) is 33.1. The summed E-state index contributed by atoms with van der Waals surface area (Å²) in [6.45, 7) is 6.15. The fourth-order valence-electron chi connectivity index (χ4n) is 9.85. The van der Waals surface area contributed by atoms with E-state index in [1.165, 1.54) is 9.80 Å². The van der Waals surface area contributed by atoms with E-state index >= 15 is 4.79 Å². The monoisotopic (exact) mass is 732 g/mol. The molecule has 1 saturated carbocycles. The number of hydrogen-bond acceptors (Lipinski definition) is 7. The van der Waals surface area contributed by atoms with Gasteiger partial charge >= 0.3 is 0 Å². The van der Waals surface area contributed by atoms with E-state index in [2.05, 4.69) is 0 Å². The highest BCUT2D eigenvalue weighted by Crippen LogP contribution is 2.65. The number of thiophene rings is 1. The number of aromatic nitrogens is 2. The van der Waals surface area contributed by atoms with Gasteiger partial charge in [-0.1, -0.05) is 60.5 Å². The van der Waals surface area contributed by atoms with Crippen molar-refractivity contribution in [1.82, 2.24) is 14.7 Å². The van der Waals surface area contributed by atoms with Gasteiger partial charge in [0.15, 0.2) is 0 Å². The number of aromatic hydroxyl groups is 1. The summed E-state index contributed by atoms with van der Waals surface area (Å²) in [4.78, 5) is 61.4. The largest absolute Gasteiger partial charge is 0.508 e. The molecule has 4 amide bonds. The average Bonchev–Trinajstić information content (AvgIpc) is 3.79. The molecule has 6 unspecified atom stereocenters. The molecule has 9 rings (SSSR count). The minimum absolute atomic E-state index is 0.0237. The van der Waals surface area contributed by atoms with Crippen LogP contribution >= 0.6 is 22.9 Å². The van der Waals surface area contributed by atoms with Gasteiger partial charge in [0.25, 0.3) is 0 Å². The molecular formula is C41H37ClN4O5S. The Labute approximate surface area is 309 Å². The Morgan fingerprint density at radius 2 is 1.77 bits per heavy atom. The van der Waals surface area contributed by atoms with E-state index in [0.29, 0.717) is 41.5 Å². The van der Waals surface area contributed by atoms with E-state index in [-0.39, 0.29) is 35.8 Å². The van der Waals surface area contributed by atoms with Crippen molar-refractivity contribution >= 4 is 73.2 Å². The normalized spacial score (nSPS) is 27.1. The molecule has 11 heteroatoms. The van der Waals surface area contributed by atoms with Gasteiger partial charge in [0, 0.05) is 40.9 Å². The van der Waals surface area contributed by atoms with Crippen LogP contribution in [0.4, 0.5) is 5.82 Å². The van der Waals surface area contributed by atoms with Crippen LogP contribution in [-0.4, -0.2) is 50.0 Å². The van der Waals surface area contributed by atoms with E-state index in [4.69, 9.17) is 16.7 Å². The smallest absolute Gasteiger partial charge is 0.242 e. The summed E-state index contributed by atoms with van der Waals surface area (Å²) < 4.78 is 2.64. The average molecular weight is 733 g/mol. The number of hydrogen-bond donors (Lipinski definition) is 1. The molecule has 52 heavy (non-hydrogen) atoms. The van der Waals surface area contributed by atoms with E-state index in [1.54, 1.807) is 35.2 Å². The molecule has 0 bridgehead atoms. The summed E-state index contributed by atoms with van der Waals surface area (Å²) >= 11 is 7.90. The van der Waals surface area contributed by atoms with Crippen molar-refractivity contribution in [1.29, 1.82) is 0 Å².